The fourth-order valence-electron chi connectivity index (χ4n) is 0.770. The maximum Gasteiger partial charge on any atom is 0.342 e. The molecule has 0 aliphatic rings. The average Bonchev–Trinajstić information content (AvgIpc) is 2.10. The summed E-state index contributed by atoms with van der Waals surface area (Å²) in [6, 6.07) is 0. The Balaban J connectivity index is 3.56. The van der Waals surface area contributed by atoms with Crippen LogP contribution in [-0.2, 0) is 14.3 Å². The summed E-state index contributed by atoms with van der Waals surface area (Å²) in [5, 5.41) is 8.93. The van der Waals surface area contributed by atoms with Gasteiger partial charge in [0.1, 0.15) is 0 Å². The Labute approximate surface area is 77.9 Å². The molecule has 0 rings (SSSR count). The van der Waals surface area contributed by atoms with Gasteiger partial charge in [-0.15, -0.1) is 0 Å². The van der Waals surface area contributed by atoms with Gasteiger partial charge in [0, 0.05) is 0 Å². The summed E-state index contributed by atoms with van der Waals surface area (Å²) >= 11 is 0. The van der Waals surface area contributed by atoms with Crippen LogP contribution < -0.4 is 0 Å². The van der Waals surface area contributed by atoms with Gasteiger partial charge in [-0.1, -0.05) is 19.8 Å². The molecular formula is C9H16O4. The van der Waals surface area contributed by atoms with E-state index in [9.17, 15) is 9.59 Å². The van der Waals surface area contributed by atoms with E-state index in [2.05, 4.69) is 4.74 Å². The third kappa shape index (κ3) is 5.36. The van der Waals surface area contributed by atoms with E-state index in [0.29, 0.717) is 0 Å². The van der Waals surface area contributed by atoms with E-state index in [-0.39, 0.29) is 6.61 Å². The Morgan fingerprint density at radius 2 is 2.00 bits per heavy atom. The van der Waals surface area contributed by atoms with Crippen LogP contribution in [0.25, 0.3) is 0 Å². The summed E-state index contributed by atoms with van der Waals surface area (Å²) in [7, 11) is 0. The lowest BCUT2D eigenvalue weighted by Crippen LogP contribution is -2.29. The third-order valence-corrected chi connectivity index (χ3v) is 1.60. The van der Waals surface area contributed by atoms with Crippen molar-refractivity contribution in [1.82, 2.24) is 0 Å². The van der Waals surface area contributed by atoms with Crippen molar-refractivity contribution in [2.24, 2.45) is 0 Å². The molecule has 0 saturated carbocycles. The van der Waals surface area contributed by atoms with Gasteiger partial charge in [0.25, 0.3) is 0 Å². The summed E-state index contributed by atoms with van der Waals surface area (Å²) in [6.07, 6.45) is 1.17. The Hall–Kier alpha value is -0.900. The standard InChI is InChI=1S/C9H16O4/c1-3-4-5-6-13-9(12)8(11)7(2)10/h8,11H,3-6H2,1-2H3. The van der Waals surface area contributed by atoms with Crippen LogP contribution in [-0.4, -0.2) is 29.6 Å². The van der Waals surface area contributed by atoms with E-state index in [1.54, 1.807) is 0 Å². The molecule has 1 N–H and O–H groups in total. The lowest BCUT2D eigenvalue weighted by molar-refractivity contribution is -0.157. The zero-order valence-electron chi connectivity index (χ0n) is 8.08. The molecule has 0 aromatic rings. The topological polar surface area (TPSA) is 63.6 Å². The SMILES string of the molecule is CCCCCOC(=O)C(O)C(C)=O. The van der Waals surface area contributed by atoms with Crippen LogP contribution in [0.3, 0.4) is 0 Å². The number of ketones is 1. The van der Waals surface area contributed by atoms with Crippen LogP contribution >= 0.6 is 0 Å². The number of hydrogen-bond donors (Lipinski definition) is 1. The highest BCUT2D eigenvalue weighted by molar-refractivity contribution is 6.00. The van der Waals surface area contributed by atoms with Gasteiger partial charge in [-0.25, -0.2) is 4.79 Å². The lowest BCUT2D eigenvalue weighted by atomic mass is 10.2. The molecular weight excluding hydrogens is 172 g/mol. The average molecular weight is 188 g/mol. The zero-order valence-corrected chi connectivity index (χ0v) is 8.08. The minimum absolute atomic E-state index is 0.275. The zero-order chi connectivity index (χ0) is 10.3. The largest absolute Gasteiger partial charge is 0.463 e. The summed E-state index contributed by atoms with van der Waals surface area (Å²) in [5.74, 6) is -1.43. The van der Waals surface area contributed by atoms with Crippen LogP contribution in [0.5, 0.6) is 0 Å². The number of Topliss-reactive ketones (excluding diaryl/α,β-unsaturated/α-hetero) is 1. The molecule has 0 aromatic carbocycles. The fraction of sp³-hybridized carbons (Fsp3) is 0.778. The molecule has 0 bridgehead atoms. The minimum Gasteiger partial charge on any atom is -0.463 e. The first kappa shape index (κ1) is 12.1. The van der Waals surface area contributed by atoms with E-state index >= 15 is 0 Å². The van der Waals surface area contributed by atoms with Crippen molar-refractivity contribution in [3.63, 3.8) is 0 Å². The highest BCUT2D eigenvalue weighted by Gasteiger charge is 2.20. The van der Waals surface area contributed by atoms with Crippen LogP contribution in [0.15, 0.2) is 0 Å². The Morgan fingerprint density at radius 3 is 2.46 bits per heavy atom. The molecule has 0 amide bonds. The Kier molecular flexibility index (Phi) is 6.14. The van der Waals surface area contributed by atoms with Crippen molar-refractivity contribution in [3.8, 4) is 0 Å². The van der Waals surface area contributed by atoms with Crippen molar-refractivity contribution in [3.05, 3.63) is 0 Å². The molecule has 4 heteroatoms. The minimum atomic E-state index is -1.61. The van der Waals surface area contributed by atoms with E-state index in [0.717, 1.165) is 26.2 Å². The number of aliphatic hydroxyl groups is 1. The highest BCUT2D eigenvalue weighted by Crippen LogP contribution is 1.96. The number of esters is 1. The first-order valence-electron chi connectivity index (χ1n) is 4.44. The number of ether oxygens (including phenoxy) is 1. The number of unbranched alkanes of at least 4 members (excludes halogenated alkanes) is 2. The van der Waals surface area contributed by atoms with Gasteiger partial charge >= 0.3 is 5.97 Å². The van der Waals surface area contributed by atoms with Crippen molar-refractivity contribution in [2.75, 3.05) is 6.61 Å². The fourth-order valence-corrected chi connectivity index (χ4v) is 0.770. The third-order valence-electron chi connectivity index (χ3n) is 1.60. The molecule has 0 aliphatic carbocycles. The summed E-state index contributed by atoms with van der Waals surface area (Å²) in [5.41, 5.74) is 0. The molecule has 76 valence electrons. The second-order valence-electron chi connectivity index (χ2n) is 2.89. The normalized spacial score (nSPS) is 12.2. The predicted molar refractivity (Wildman–Crippen MR) is 47.2 cm³/mol. The smallest absolute Gasteiger partial charge is 0.342 e. The van der Waals surface area contributed by atoms with Crippen LogP contribution in [0.1, 0.15) is 33.1 Å². The molecule has 0 aliphatic heterocycles. The van der Waals surface area contributed by atoms with E-state index in [1.807, 2.05) is 6.92 Å². The lowest BCUT2D eigenvalue weighted by Gasteiger charge is -2.06. The predicted octanol–water partition coefficient (Wildman–Crippen LogP) is 0.670. The van der Waals surface area contributed by atoms with Crippen LogP contribution in [0, 0.1) is 0 Å². The summed E-state index contributed by atoms with van der Waals surface area (Å²) < 4.78 is 4.66. The molecule has 0 heterocycles. The molecule has 0 fully saturated rings. The number of aliphatic hydroxyl groups excluding tert-OH is 1. The van der Waals surface area contributed by atoms with Crippen LogP contribution in [0.2, 0.25) is 0 Å². The first-order chi connectivity index (χ1) is 6.09. The van der Waals surface area contributed by atoms with Gasteiger partial charge in [0.05, 0.1) is 6.61 Å². The maximum atomic E-state index is 10.9. The first-order valence-corrected chi connectivity index (χ1v) is 4.44. The van der Waals surface area contributed by atoms with Gasteiger partial charge in [0.15, 0.2) is 5.78 Å². The molecule has 1 atom stereocenters. The van der Waals surface area contributed by atoms with Gasteiger partial charge in [0.2, 0.25) is 6.10 Å². The number of hydrogen-bond acceptors (Lipinski definition) is 4. The molecule has 0 spiro atoms. The van der Waals surface area contributed by atoms with Gasteiger partial charge in [-0.2, -0.15) is 0 Å². The molecule has 1 unspecified atom stereocenters. The van der Waals surface area contributed by atoms with Gasteiger partial charge in [-0.05, 0) is 13.3 Å². The molecule has 0 aromatic heterocycles. The molecule has 0 radical (unpaired) electrons. The highest BCUT2D eigenvalue weighted by atomic mass is 16.5. The van der Waals surface area contributed by atoms with E-state index in [4.69, 9.17) is 5.11 Å². The Bertz CT molecular complexity index is 176. The van der Waals surface area contributed by atoms with E-state index < -0.39 is 17.9 Å². The van der Waals surface area contributed by atoms with Crippen molar-refractivity contribution in [2.45, 2.75) is 39.2 Å². The van der Waals surface area contributed by atoms with Gasteiger partial charge < -0.3 is 9.84 Å². The molecule has 4 nitrogen and oxygen atoms in total. The number of carbonyl (C=O) groups excluding carboxylic acids is 2. The molecule has 13 heavy (non-hydrogen) atoms. The second kappa shape index (κ2) is 6.60. The van der Waals surface area contributed by atoms with Crippen molar-refractivity contribution < 1.29 is 19.4 Å². The number of rotatable bonds is 6. The quantitative estimate of drug-likeness (QED) is 0.378. The number of carbonyl (C=O) groups is 2. The van der Waals surface area contributed by atoms with Crippen molar-refractivity contribution >= 4 is 11.8 Å². The Morgan fingerprint density at radius 1 is 1.38 bits per heavy atom. The van der Waals surface area contributed by atoms with Crippen LogP contribution in [0.4, 0.5) is 0 Å². The summed E-state index contributed by atoms with van der Waals surface area (Å²) in [4.78, 5) is 21.4. The molecule has 0 saturated heterocycles. The van der Waals surface area contributed by atoms with Crippen molar-refractivity contribution in [1.29, 1.82) is 0 Å². The second-order valence-corrected chi connectivity index (χ2v) is 2.89. The van der Waals surface area contributed by atoms with Gasteiger partial charge in [-0.3, -0.25) is 4.79 Å². The summed E-state index contributed by atoms with van der Waals surface area (Å²) in [6.45, 7) is 3.46. The van der Waals surface area contributed by atoms with E-state index in [1.165, 1.54) is 0 Å². The maximum absolute atomic E-state index is 10.9. The monoisotopic (exact) mass is 188 g/mol.